The molecule has 0 aliphatic rings. The molecule has 0 aliphatic heterocycles. The molecule has 3 N–H and O–H groups in total. The first kappa shape index (κ1) is 12.5. The zero-order chi connectivity index (χ0) is 11.4. The molecular weight excluding hydrogens is 208 g/mol. The van der Waals surface area contributed by atoms with E-state index in [0.717, 1.165) is 22.6 Å². The van der Waals surface area contributed by atoms with Gasteiger partial charge in [0, 0.05) is 11.1 Å². The Labute approximate surface area is 96.8 Å². The second-order valence-electron chi connectivity index (χ2n) is 4.01. The van der Waals surface area contributed by atoms with Gasteiger partial charge in [-0.1, -0.05) is 50.1 Å². The van der Waals surface area contributed by atoms with Crippen molar-refractivity contribution in [3.05, 3.63) is 34.3 Å². The number of aryl methyl sites for hydroxylation is 1. The first-order chi connectivity index (χ1) is 7.11. The summed E-state index contributed by atoms with van der Waals surface area (Å²) in [5, 5.41) is 0.820. The Hall–Kier alpha value is -0.570. The summed E-state index contributed by atoms with van der Waals surface area (Å²) in [6.45, 7) is 6.33. The van der Waals surface area contributed by atoms with Gasteiger partial charge in [0.15, 0.2) is 0 Å². The van der Waals surface area contributed by atoms with Crippen LogP contribution in [0, 0.1) is 12.8 Å². The molecule has 0 saturated carbocycles. The highest BCUT2D eigenvalue weighted by molar-refractivity contribution is 6.32. The van der Waals surface area contributed by atoms with Crippen molar-refractivity contribution >= 4 is 11.6 Å². The van der Waals surface area contributed by atoms with Crippen LogP contribution in [0.5, 0.6) is 0 Å². The van der Waals surface area contributed by atoms with Gasteiger partial charge in [0.25, 0.3) is 0 Å². The van der Waals surface area contributed by atoms with E-state index in [4.69, 9.17) is 17.4 Å². The van der Waals surface area contributed by atoms with Gasteiger partial charge < -0.3 is 0 Å². The van der Waals surface area contributed by atoms with Crippen molar-refractivity contribution in [3.63, 3.8) is 0 Å². The molecule has 0 aromatic heterocycles. The molecule has 1 aromatic carbocycles. The number of halogens is 1. The van der Waals surface area contributed by atoms with Crippen LogP contribution in [0.4, 0.5) is 0 Å². The average Bonchev–Trinajstić information content (AvgIpc) is 2.24. The normalized spacial score (nSPS) is 15.0. The molecule has 0 radical (unpaired) electrons. The quantitative estimate of drug-likeness (QED) is 0.611. The lowest BCUT2D eigenvalue weighted by Gasteiger charge is -2.24. The third-order valence-electron chi connectivity index (χ3n) is 2.95. The minimum absolute atomic E-state index is 0.127. The van der Waals surface area contributed by atoms with Crippen molar-refractivity contribution in [1.82, 2.24) is 5.43 Å². The number of rotatable bonds is 4. The topological polar surface area (TPSA) is 38.0 Å². The van der Waals surface area contributed by atoms with Gasteiger partial charge in [0.2, 0.25) is 0 Å². The van der Waals surface area contributed by atoms with Gasteiger partial charge in [-0.3, -0.25) is 11.3 Å². The monoisotopic (exact) mass is 226 g/mol. The molecule has 2 unspecified atom stereocenters. The zero-order valence-corrected chi connectivity index (χ0v) is 10.3. The van der Waals surface area contributed by atoms with Crippen LogP contribution in [0.3, 0.4) is 0 Å². The number of nitrogens with one attached hydrogen (secondary N) is 1. The van der Waals surface area contributed by atoms with E-state index in [1.54, 1.807) is 0 Å². The summed E-state index contributed by atoms with van der Waals surface area (Å²) < 4.78 is 0. The van der Waals surface area contributed by atoms with Gasteiger partial charge in [-0.15, -0.1) is 0 Å². The molecule has 0 bridgehead atoms. The number of hydrogen-bond acceptors (Lipinski definition) is 2. The van der Waals surface area contributed by atoms with Crippen LogP contribution in [0.2, 0.25) is 5.02 Å². The van der Waals surface area contributed by atoms with Crippen molar-refractivity contribution in [2.24, 2.45) is 11.8 Å². The third-order valence-corrected chi connectivity index (χ3v) is 3.47. The number of hydrogen-bond donors (Lipinski definition) is 2. The molecule has 84 valence electrons. The Balaban J connectivity index is 3.07. The van der Waals surface area contributed by atoms with Crippen LogP contribution in [0.1, 0.15) is 37.4 Å². The van der Waals surface area contributed by atoms with Crippen LogP contribution >= 0.6 is 11.6 Å². The van der Waals surface area contributed by atoms with Crippen LogP contribution in [0.15, 0.2) is 18.2 Å². The summed E-state index contributed by atoms with van der Waals surface area (Å²) in [6.07, 6.45) is 1.07. The molecule has 2 atom stereocenters. The Morgan fingerprint density at radius 1 is 1.47 bits per heavy atom. The molecule has 0 fully saturated rings. The average molecular weight is 227 g/mol. The number of hydrazine groups is 1. The highest BCUT2D eigenvalue weighted by Gasteiger charge is 2.19. The van der Waals surface area contributed by atoms with Crippen LogP contribution < -0.4 is 11.3 Å². The van der Waals surface area contributed by atoms with E-state index < -0.39 is 0 Å². The summed E-state index contributed by atoms with van der Waals surface area (Å²) in [7, 11) is 0. The maximum Gasteiger partial charge on any atom is 0.0500 e. The lowest BCUT2D eigenvalue weighted by atomic mass is 9.92. The van der Waals surface area contributed by atoms with Gasteiger partial charge >= 0.3 is 0 Å². The van der Waals surface area contributed by atoms with E-state index >= 15 is 0 Å². The van der Waals surface area contributed by atoms with Gasteiger partial charge in [-0.25, -0.2) is 0 Å². The number of benzene rings is 1. The summed E-state index contributed by atoms with van der Waals surface area (Å²) in [4.78, 5) is 0. The molecular formula is C12H19ClN2. The lowest BCUT2D eigenvalue weighted by Crippen LogP contribution is -2.32. The largest absolute Gasteiger partial charge is 0.271 e. The fraction of sp³-hybridized carbons (Fsp3) is 0.500. The molecule has 0 saturated heterocycles. The van der Waals surface area contributed by atoms with Gasteiger partial charge in [-0.05, 0) is 24.0 Å². The minimum Gasteiger partial charge on any atom is -0.271 e. The summed E-state index contributed by atoms with van der Waals surface area (Å²) in [5.41, 5.74) is 5.04. The van der Waals surface area contributed by atoms with Crippen LogP contribution in [-0.4, -0.2) is 0 Å². The number of nitrogens with two attached hydrogens (primary N) is 1. The molecule has 15 heavy (non-hydrogen) atoms. The molecule has 1 aromatic rings. The second kappa shape index (κ2) is 5.50. The summed E-state index contributed by atoms with van der Waals surface area (Å²) in [6, 6.07) is 6.19. The zero-order valence-electron chi connectivity index (χ0n) is 9.55. The van der Waals surface area contributed by atoms with E-state index in [1.807, 2.05) is 25.1 Å². The molecule has 0 spiro atoms. The fourth-order valence-electron chi connectivity index (χ4n) is 1.71. The van der Waals surface area contributed by atoms with Crippen LogP contribution in [-0.2, 0) is 0 Å². The predicted octanol–water partition coefficient (Wildman–Crippen LogP) is 3.20. The van der Waals surface area contributed by atoms with E-state index in [9.17, 15) is 0 Å². The molecule has 0 heterocycles. The van der Waals surface area contributed by atoms with E-state index in [-0.39, 0.29) is 6.04 Å². The highest BCUT2D eigenvalue weighted by Crippen LogP contribution is 2.31. The molecule has 1 rings (SSSR count). The Morgan fingerprint density at radius 2 is 2.13 bits per heavy atom. The SMILES string of the molecule is CCC(C)C(NN)c1cccc(C)c1Cl. The first-order valence-corrected chi connectivity index (χ1v) is 5.70. The van der Waals surface area contributed by atoms with Crippen LogP contribution in [0.25, 0.3) is 0 Å². The standard InChI is InChI=1S/C12H19ClN2/c1-4-8(2)12(15-14)10-7-5-6-9(3)11(10)13/h5-8,12,15H,4,14H2,1-3H3. The lowest BCUT2D eigenvalue weighted by molar-refractivity contribution is 0.383. The smallest absolute Gasteiger partial charge is 0.0500 e. The molecule has 3 heteroatoms. The Bertz CT molecular complexity index is 325. The van der Waals surface area contributed by atoms with Crippen molar-refractivity contribution in [2.45, 2.75) is 33.2 Å². The van der Waals surface area contributed by atoms with Crippen molar-refractivity contribution < 1.29 is 0 Å². The molecule has 0 amide bonds. The maximum atomic E-state index is 6.27. The van der Waals surface area contributed by atoms with Crippen molar-refractivity contribution in [2.75, 3.05) is 0 Å². The Kier molecular flexibility index (Phi) is 4.58. The fourth-order valence-corrected chi connectivity index (χ4v) is 1.95. The maximum absolute atomic E-state index is 6.27. The predicted molar refractivity (Wildman–Crippen MR) is 65.7 cm³/mol. The minimum atomic E-state index is 0.127. The summed E-state index contributed by atoms with van der Waals surface area (Å²) in [5.74, 6) is 6.06. The molecule has 0 aliphatic carbocycles. The Morgan fingerprint density at radius 3 is 2.67 bits per heavy atom. The summed E-state index contributed by atoms with van der Waals surface area (Å²) >= 11 is 6.27. The van der Waals surface area contributed by atoms with E-state index in [1.165, 1.54) is 0 Å². The molecule has 2 nitrogen and oxygen atoms in total. The van der Waals surface area contributed by atoms with Gasteiger partial charge in [-0.2, -0.15) is 0 Å². The first-order valence-electron chi connectivity index (χ1n) is 5.33. The van der Waals surface area contributed by atoms with Crippen molar-refractivity contribution in [1.29, 1.82) is 0 Å². The highest BCUT2D eigenvalue weighted by atomic mass is 35.5. The second-order valence-corrected chi connectivity index (χ2v) is 4.39. The third kappa shape index (κ3) is 2.71. The van der Waals surface area contributed by atoms with Gasteiger partial charge in [0.1, 0.15) is 0 Å². The van der Waals surface area contributed by atoms with Gasteiger partial charge in [0.05, 0.1) is 0 Å². The van der Waals surface area contributed by atoms with E-state index in [0.29, 0.717) is 5.92 Å². The van der Waals surface area contributed by atoms with E-state index in [2.05, 4.69) is 19.3 Å². The van der Waals surface area contributed by atoms with Crippen molar-refractivity contribution in [3.8, 4) is 0 Å².